The van der Waals surface area contributed by atoms with Crippen LogP contribution in [0.2, 0.25) is 0 Å². The Bertz CT molecular complexity index is 783. The highest BCUT2D eigenvalue weighted by atomic mass is 19.1. The standard InChI is InChI=1S/C17H12FNO3/c18-14-7-2-1-6-13(14)15-8-9-16(22-15)17(20)21-11-12-5-3-4-10-19-12/h1-10H,11H2. The van der Waals surface area contributed by atoms with Crippen molar-refractivity contribution >= 4 is 5.97 Å². The molecular weight excluding hydrogens is 285 g/mol. The molecular formula is C17H12FNO3. The third-order valence-corrected chi connectivity index (χ3v) is 3.02. The van der Waals surface area contributed by atoms with Crippen molar-refractivity contribution < 1.29 is 18.3 Å². The number of nitrogens with zero attached hydrogens (tertiary/aromatic N) is 1. The van der Waals surface area contributed by atoms with E-state index in [2.05, 4.69) is 4.98 Å². The summed E-state index contributed by atoms with van der Waals surface area (Å²) in [5, 5.41) is 0. The van der Waals surface area contributed by atoms with E-state index in [1.807, 2.05) is 0 Å². The number of halogens is 1. The first-order valence-electron chi connectivity index (χ1n) is 6.66. The summed E-state index contributed by atoms with van der Waals surface area (Å²) in [5.41, 5.74) is 0.933. The topological polar surface area (TPSA) is 52.3 Å². The third-order valence-electron chi connectivity index (χ3n) is 3.02. The Morgan fingerprint density at radius 3 is 2.68 bits per heavy atom. The lowest BCUT2D eigenvalue weighted by Crippen LogP contribution is -2.04. The van der Waals surface area contributed by atoms with Gasteiger partial charge in [-0.25, -0.2) is 9.18 Å². The fraction of sp³-hybridized carbons (Fsp3) is 0.0588. The summed E-state index contributed by atoms with van der Waals surface area (Å²) >= 11 is 0. The van der Waals surface area contributed by atoms with Crippen molar-refractivity contribution in [1.29, 1.82) is 0 Å². The number of aromatic nitrogens is 1. The predicted molar refractivity (Wildman–Crippen MR) is 77.5 cm³/mol. The second kappa shape index (κ2) is 6.22. The third kappa shape index (κ3) is 3.03. The minimum atomic E-state index is -0.617. The Morgan fingerprint density at radius 1 is 1.09 bits per heavy atom. The number of hydrogen-bond acceptors (Lipinski definition) is 4. The largest absolute Gasteiger partial charge is 0.453 e. The summed E-state index contributed by atoms with van der Waals surface area (Å²) in [4.78, 5) is 16.0. The Hall–Kier alpha value is -2.95. The highest BCUT2D eigenvalue weighted by Gasteiger charge is 2.15. The molecule has 0 atom stereocenters. The molecule has 0 bridgehead atoms. The summed E-state index contributed by atoms with van der Waals surface area (Å²) in [5.74, 6) is -0.726. The lowest BCUT2D eigenvalue weighted by atomic mass is 10.1. The molecule has 1 aromatic carbocycles. The SMILES string of the molecule is O=C(OCc1ccccn1)c1ccc(-c2ccccc2F)o1. The number of hydrogen-bond donors (Lipinski definition) is 0. The molecule has 0 aliphatic rings. The first kappa shape index (κ1) is 14.0. The van der Waals surface area contributed by atoms with E-state index in [0.29, 0.717) is 11.3 Å². The Balaban J connectivity index is 1.71. The molecule has 0 unspecified atom stereocenters. The van der Waals surface area contributed by atoms with Crippen LogP contribution < -0.4 is 0 Å². The molecule has 3 rings (SSSR count). The molecule has 22 heavy (non-hydrogen) atoms. The molecule has 0 saturated heterocycles. The first-order valence-corrected chi connectivity index (χ1v) is 6.66. The van der Waals surface area contributed by atoms with Crippen LogP contribution in [0.4, 0.5) is 4.39 Å². The van der Waals surface area contributed by atoms with Crippen LogP contribution in [-0.4, -0.2) is 11.0 Å². The van der Waals surface area contributed by atoms with Gasteiger partial charge in [0.1, 0.15) is 18.2 Å². The zero-order valence-corrected chi connectivity index (χ0v) is 11.5. The Labute approximate surface area is 126 Å². The quantitative estimate of drug-likeness (QED) is 0.687. The second-order valence-electron chi connectivity index (χ2n) is 4.54. The van der Waals surface area contributed by atoms with Gasteiger partial charge < -0.3 is 9.15 Å². The van der Waals surface area contributed by atoms with E-state index in [1.165, 1.54) is 18.2 Å². The van der Waals surface area contributed by atoms with Crippen LogP contribution >= 0.6 is 0 Å². The van der Waals surface area contributed by atoms with Gasteiger partial charge in [0, 0.05) is 6.20 Å². The molecule has 5 heteroatoms. The molecule has 0 amide bonds. The number of carbonyl (C=O) groups is 1. The maximum atomic E-state index is 13.7. The molecule has 4 nitrogen and oxygen atoms in total. The van der Waals surface area contributed by atoms with Gasteiger partial charge in [0.25, 0.3) is 0 Å². The van der Waals surface area contributed by atoms with Crippen molar-refractivity contribution in [3.8, 4) is 11.3 Å². The van der Waals surface area contributed by atoms with E-state index < -0.39 is 11.8 Å². The van der Waals surface area contributed by atoms with Gasteiger partial charge in [-0.15, -0.1) is 0 Å². The number of pyridine rings is 1. The van der Waals surface area contributed by atoms with Gasteiger partial charge in [0.05, 0.1) is 11.3 Å². The van der Waals surface area contributed by atoms with Crippen molar-refractivity contribution in [2.24, 2.45) is 0 Å². The van der Waals surface area contributed by atoms with Gasteiger partial charge in [-0.2, -0.15) is 0 Å². The average molecular weight is 297 g/mol. The molecule has 0 aliphatic heterocycles. The molecule has 3 aromatic rings. The lowest BCUT2D eigenvalue weighted by Gasteiger charge is -2.02. The second-order valence-corrected chi connectivity index (χ2v) is 4.54. The number of rotatable bonds is 4. The molecule has 2 aromatic heterocycles. The first-order chi connectivity index (χ1) is 10.7. The van der Waals surface area contributed by atoms with Crippen LogP contribution in [-0.2, 0) is 11.3 Å². The highest BCUT2D eigenvalue weighted by Crippen LogP contribution is 2.25. The van der Waals surface area contributed by atoms with E-state index in [-0.39, 0.29) is 18.1 Å². The van der Waals surface area contributed by atoms with E-state index in [1.54, 1.807) is 42.6 Å². The normalized spacial score (nSPS) is 10.4. The fourth-order valence-electron chi connectivity index (χ4n) is 1.95. The average Bonchev–Trinajstić information content (AvgIpc) is 3.04. The van der Waals surface area contributed by atoms with E-state index in [0.717, 1.165) is 0 Å². The van der Waals surface area contributed by atoms with Crippen LogP contribution in [0.5, 0.6) is 0 Å². The van der Waals surface area contributed by atoms with Crippen LogP contribution in [0.3, 0.4) is 0 Å². The van der Waals surface area contributed by atoms with E-state index in [9.17, 15) is 9.18 Å². The summed E-state index contributed by atoms with van der Waals surface area (Å²) in [7, 11) is 0. The highest BCUT2D eigenvalue weighted by molar-refractivity contribution is 5.87. The van der Waals surface area contributed by atoms with Crippen LogP contribution in [0.15, 0.2) is 65.2 Å². The minimum Gasteiger partial charge on any atom is -0.453 e. The number of ether oxygens (including phenoxy) is 1. The van der Waals surface area contributed by atoms with Crippen molar-refractivity contribution in [2.45, 2.75) is 6.61 Å². The number of carbonyl (C=O) groups excluding carboxylic acids is 1. The van der Waals surface area contributed by atoms with Gasteiger partial charge in [0.15, 0.2) is 0 Å². The molecule has 0 aliphatic carbocycles. The molecule has 0 fully saturated rings. The van der Waals surface area contributed by atoms with Crippen molar-refractivity contribution in [1.82, 2.24) is 4.98 Å². The maximum Gasteiger partial charge on any atom is 0.374 e. The Kier molecular flexibility index (Phi) is 3.96. The predicted octanol–water partition coefficient (Wildman–Crippen LogP) is 3.84. The summed E-state index contributed by atoms with van der Waals surface area (Å²) in [6.45, 7) is 0.0510. The van der Waals surface area contributed by atoms with Crippen molar-refractivity contribution in [2.75, 3.05) is 0 Å². The lowest BCUT2D eigenvalue weighted by molar-refractivity contribution is 0.0432. The van der Waals surface area contributed by atoms with Crippen LogP contribution in [0.1, 0.15) is 16.2 Å². The molecule has 2 heterocycles. The minimum absolute atomic E-state index is 0.0224. The fourth-order valence-corrected chi connectivity index (χ4v) is 1.95. The van der Waals surface area contributed by atoms with Gasteiger partial charge in [-0.05, 0) is 36.4 Å². The van der Waals surface area contributed by atoms with Crippen molar-refractivity contribution in [3.05, 3.63) is 78.1 Å². The van der Waals surface area contributed by atoms with Gasteiger partial charge in [-0.1, -0.05) is 18.2 Å². The van der Waals surface area contributed by atoms with Crippen LogP contribution in [0, 0.1) is 5.82 Å². The molecule has 0 spiro atoms. The van der Waals surface area contributed by atoms with Crippen molar-refractivity contribution in [3.63, 3.8) is 0 Å². The number of esters is 1. The van der Waals surface area contributed by atoms with E-state index in [4.69, 9.17) is 9.15 Å². The summed E-state index contributed by atoms with van der Waals surface area (Å²) < 4.78 is 24.1. The number of benzene rings is 1. The number of furan rings is 1. The van der Waals surface area contributed by atoms with Gasteiger partial charge in [0.2, 0.25) is 5.76 Å². The smallest absolute Gasteiger partial charge is 0.374 e. The zero-order valence-electron chi connectivity index (χ0n) is 11.5. The molecule has 110 valence electrons. The van der Waals surface area contributed by atoms with Gasteiger partial charge >= 0.3 is 5.97 Å². The molecule has 0 N–H and O–H groups in total. The summed E-state index contributed by atoms with van der Waals surface area (Å²) in [6.07, 6.45) is 1.62. The maximum absolute atomic E-state index is 13.7. The monoisotopic (exact) mass is 297 g/mol. The Morgan fingerprint density at radius 2 is 1.91 bits per heavy atom. The molecule has 0 saturated carbocycles. The van der Waals surface area contributed by atoms with Gasteiger partial charge in [-0.3, -0.25) is 4.98 Å². The zero-order chi connectivity index (χ0) is 15.4. The van der Waals surface area contributed by atoms with E-state index >= 15 is 0 Å². The molecule has 0 radical (unpaired) electrons. The van der Waals surface area contributed by atoms with Crippen LogP contribution in [0.25, 0.3) is 11.3 Å². The summed E-state index contributed by atoms with van der Waals surface area (Å²) in [6, 6.07) is 14.5.